The van der Waals surface area contributed by atoms with Gasteiger partial charge in [-0.3, -0.25) is 4.79 Å². The largest absolute Gasteiger partial charge is 0.368 e. The second-order valence-corrected chi connectivity index (χ2v) is 6.81. The predicted octanol–water partition coefficient (Wildman–Crippen LogP) is 3.17. The maximum Gasteiger partial charge on any atom is 0.273 e. The van der Waals surface area contributed by atoms with Crippen LogP contribution < -0.4 is 16.0 Å². The summed E-state index contributed by atoms with van der Waals surface area (Å²) in [7, 11) is 0. The highest BCUT2D eigenvalue weighted by Gasteiger charge is 2.13. The van der Waals surface area contributed by atoms with Crippen molar-refractivity contribution in [3.63, 3.8) is 0 Å². The van der Waals surface area contributed by atoms with Crippen LogP contribution in [0.2, 0.25) is 0 Å². The molecule has 0 aliphatic rings. The van der Waals surface area contributed by atoms with Crippen molar-refractivity contribution in [1.82, 2.24) is 25.4 Å². The first-order valence-corrected chi connectivity index (χ1v) is 9.69. The molecule has 4 aromatic heterocycles. The number of nitrogens with zero attached hydrogens (tertiary/aromatic N) is 4. The zero-order valence-electron chi connectivity index (χ0n) is 15.2. The minimum absolute atomic E-state index is 0.247. The van der Waals surface area contributed by atoms with Crippen LogP contribution in [0.25, 0.3) is 10.6 Å². The molecule has 29 heavy (non-hydrogen) atoms. The maximum absolute atomic E-state index is 12.2. The molecule has 0 fully saturated rings. The smallest absolute Gasteiger partial charge is 0.273 e. The zero-order valence-corrected chi connectivity index (χ0v) is 16.0. The van der Waals surface area contributed by atoms with Crippen LogP contribution in [0.4, 0.5) is 17.5 Å². The fraction of sp³-hybridized carbons (Fsp3) is 0.105. The molecule has 146 valence electrons. The van der Waals surface area contributed by atoms with Crippen molar-refractivity contribution in [2.75, 3.05) is 23.7 Å². The molecule has 9 nitrogen and oxygen atoms in total. The van der Waals surface area contributed by atoms with Crippen LogP contribution in [0.3, 0.4) is 0 Å². The van der Waals surface area contributed by atoms with Crippen molar-refractivity contribution in [1.29, 1.82) is 0 Å². The normalized spacial score (nSPS) is 10.5. The summed E-state index contributed by atoms with van der Waals surface area (Å²) in [4.78, 5) is 25.6. The highest BCUT2D eigenvalue weighted by atomic mass is 32.1. The van der Waals surface area contributed by atoms with E-state index < -0.39 is 0 Å². The second-order valence-electron chi connectivity index (χ2n) is 5.86. The lowest BCUT2D eigenvalue weighted by molar-refractivity contribution is 0.0946. The van der Waals surface area contributed by atoms with E-state index in [0.717, 1.165) is 4.88 Å². The van der Waals surface area contributed by atoms with Gasteiger partial charge in [-0.05, 0) is 23.6 Å². The van der Waals surface area contributed by atoms with Gasteiger partial charge < -0.3 is 20.5 Å². The van der Waals surface area contributed by atoms with Crippen LogP contribution in [0.1, 0.15) is 10.5 Å². The Morgan fingerprint density at radius 1 is 1.00 bits per heavy atom. The molecule has 0 saturated heterocycles. The minimum atomic E-state index is -0.293. The van der Waals surface area contributed by atoms with Crippen LogP contribution in [0, 0.1) is 0 Å². The fourth-order valence-electron chi connectivity index (χ4n) is 2.46. The van der Waals surface area contributed by atoms with Gasteiger partial charge in [0.25, 0.3) is 5.91 Å². The summed E-state index contributed by atoms with van der Waals surface area (Å²) < 4.78 is 5.22. The molecule has 4 aromatic rings. The number of nitrogens with one attached hydrogen (secondary N) is 3. The van der Waals surface area contributed by atoms with Gasteiger partial charge in [0.2, 0.25) is 0 Å². The van der Waals surface area contributed by atoms with Gasteiger partial charge in [0.1, 0.15) is 23.8 Å². The lowest BCUT2D eigenvalue weighted by Gasteiger charge is -2.08. The van der Waals surface area contributed by atoms with Crippen LogP contribution in [0.15, 0.2) is 64.9 Å². The third kappa shape index (κ3) is 4.93. The first kappa shape index (κ1) is 18.6. The van der Waals surface area contributed by atoms with Gasteiger partial charge in [-0.2, -0.15) is 0 Å². The van der Waals surface area contributed by atoms with E-state index in [2.05, 4.69) is 36.1 Å². The van der Waals surface area contributed by atoms with E-state index in [1.807, 2.05) is 35.7 Å². The predicted molar refractivity (Wildman–Crippen MR) is 110 cm³/mol. The Morgan fingerprint density at radius 2 is 1.93 bits per heavy atom. The Kier molecular flexibility index (Phi) is 5.72. The standard InChI is InChI=1S/C19H17N7O2S/c27-19(13-10-14(28-26-13)15-4-3-9-29-15)22-8-7-21-17-11-18(24-12-23-17)25-16-5-1-2-6-20-16/h1-6,9-12H,7-8H2,(H,22,27)(H2,20,21,23,24,25). The van der Waals surface area contributed by atoms with E-state index >= 15 is 0 Å². The van der Waals surface area contributed by atoms with Gasteiger partial charge in [-0.25, -0.2) is 15.0 Å². The average molecular weight is 407 g/mol. The number of hydrogen-bond donors (Lipinski definition) is 3. The number of rotatable bonds is 8. The molecule has 4 heterocycles. The number of thiophene rings is 1. The highest BCUT2D eigenvalue weighted by molar-refractivity contribution is 7.13. The van der Waals surface area contributed by atoms with Gasteiger partial charge in [0.05, 0.1) is 4.88 Å². The molecule has 4 rings (SSSR count). The molecule has 0 spiro atoms. The monoisotopic (exact) mass is 407 g/mol. The third-order valence-corrected chi connectivity index (χ3v) is 4.70. The van der Waals surface area contributed by atoms with Gasteiger partial charge in [0, 0.05) is 31.4 Å². The van der Waals surface area contributed by atoms with Crippen LogP contribution >= 0.6 is 11.3 Å². The summed E-state index contributed by atoms with van der Waals surface area (Å²) in [6.45, 7) is 0.883. The summed E-state index contributed by atoms with van der Waals surface area (Å²) >= 11 is 1.53. The molecule has 10 heteroatoms. The van der Waals surface area contributed by atoms with Crippen molar-refractivity contribution >= 4 is 34.7 Å². The molecule has 0 aromatic carbocycles. The topological polar surface area (TPSA) is 118 Å². The Bertz CT molecular complexity index is 1070. The molecule has 0 aliphatic heterocycles. The van der Waals surface area contributed by atoms with E-state index in [4.69, 9.17) is 4.52 Å². The van der Waals surface area contributed by atoms with Crippen molar-refractivity contribution in [3.05, 3.63) is 66.1 Å². The molecule has 0 atom stereocenters. The Balaban J connectivity index is 1.25. The first-order valence-electron chi connectivity index (χ1n) is 8.81. The minimum Gasteiger partial charge on any atom is -0.368 e. The van der Waals surface area contributed by atoms with E-state index in [9.17, 15) is 4.79 Å². The quantitative estimate of drug-likeness (QED) is 0.381. The van der Waals surface area contributed by atoms with E-state index in [-0.39, 0.29) is 11.6 Å². The lowest BCUT2D eigenvalue weighted by atomic mass is 10.3. The Labute approximate surface area is 170 Å². The number of pyridine rings is 1. The number of anilines is 3. The van der Waals surface area contributed by atoms with Crippen LogP contribution in [-0.4, -0.2) is 39.1 Å². The zero-order chi connectivity index (χ0) is 19.9. The Hall–Kier alpha value is -3.79. The van der Waals surface area contributed by atoms with Crippen molar-refractivity contribution in [3.8, 4) is 10.6 Å². The summed E-state index contributed by atoms with van der Waals surface area (Å²) in [6.07, 6.45) is 3.15. The fourth-order valence-corrected chi connectivity index (χ4v) is 3.14. The highest BCUT2D eigenvalue weighted by Crippen LogP contribution is 2.25. The molecule has 0 saturated carbocycles. The van der Waals surface area contributed by atoms with Crippen LogP contribution in [-0.2, 0) is 0 Å². The molecular formula is C19H17N7O2S. The van der Waals surface area contributed by atoms with Gasteiger partial charge >= 0.3 is 0 Å². The summed E-state index contributed by atoms with van der Waals surface area (Å²) in [5.74, 6) is 2.23. The molecule has 0 aliphatic carbocycles. The number of carbonyl (C=O) groups excluding carboxylic acids is 1. The number of hydrogen-bond acceptors (Lipinski definition) is 9. The van der Waals surface area contributed by atoms with E-state index in [0.29, 0.717) is 36.3 Å². The molecule has 0 bridgehead atoms. The second kappa shape index (κ2) is 8.93. The Morgan fingerprint density at radius 3 is 2.76 bits per heavy atom. The van der Waals surface area contributed by atoms with E-state index in [1.165, 1.54) is 17.7 Å². The van der Waals surface area contributed by atoms with Gasteiger partial charge in [-0.1, -0.05) is 17.3 Å². The lowest BCUT2D eigenvalue weighted by Crippen LogP contribution is -2.29. The number of amides is 1. The first-order chi connectivity index (χ1) is 14.3. The summed E-state index contributed by atoms with van der Waals surface area (Å²) in [6, 6.07) is 12.8. The van der Waals surface area contributed by atoms with Crippen molar-refractivity contribution < 1.29 is 9.32 Å². The number of carbonyl (C=O) groups is 1. The third-order valence-electron chi connectivity index (χ3n) is 3.81. The summed E-state index contributed by atoms with van der Waals surface area (Å²) in [5, 5.41) is 14.8. The molecule has 0 radical (unpaired) electrons. The molecule has 0 unspecified atom stereocenters. The van der Waals surface area contributed by atoms with Crippen LogP contribution in [0.5, 0.6) is 0 Å². The van der Waals surface area contributed by atoms with Crippen molar-refractivity contribution in [2.24, 2.45) is 0 Å². The summed E-state index contributed by atoms with van der Waals surface area (Å²) in [5.41, 5.74) is 0.247. The molecule has 3 N–H and O–H groups in total. The van der Waals surface area contributed by atoms with Crippen molar-refractivity contribution in [2.45, 2.75) is 0 Å². The number of aromatic nitrogens is 4. The molecular weight excluding hydrogens is 390 g/mol. The SMILES string of the molecule is O=C(NCCNc1cc(Nc2ccccn2)ncn1)c1cc(-c2cccs2)on1. The maximum atomic E-state index is 12.2. The van der Waals surface area contributed by atoms with Gasteiger partial charge in [0.15, 0.2) is 11.5 Å². The molecule has 1 amide bonds. The van der Waals surface area contributed by atoms with Gasteiger partial charge in [-0.15, -0.1) is 11.3 Å². The average Bonchev–Trinajstić information content (AvgIpc) is 3.44. The van der Waals surface area contributed by atoms with E-state index in [1.54, 1.807) is 18.3 Å².